The molecule has 0 aliphatic carbocycles. The van der Waals surface area contributed by atoms with Gasteiger partial charge in [0, 0.05) is 67.1 Å². The molecule has 43 heavy (non-hydrogen) atoms. The number of carbonyl (C=O) groups excluding carboxylic acids is 2. The van der Waals surface area contributed by atoms with Gasteiger partial charge < -0.3 is 24.6 Å². The minimum absolute atomic E-state index is 0.0532. The Morgan fingerprint density at radius 3 is 2.51 bits per heavy atom. The Kier molecular flexibility index (Phi) is 7.94. The summed E-state index contributed by atoms with van der Waals surface area (Å²) in [6.45, 7) is 8.45. The lowest BCUT2D eigenvalue weighted by Gasteiger charge is -2.46. The highest BCUT2D eigenvalue weighted by atomic mass is 32.2. The van der Waals surface area contributed by atoms with Crippen molar-refractivity contribution in [1.29, 1.82) is 0 Å². The number of pyridine rings is 2. The Bertz CT molecular complexity index is 1710. The number of hydrogen-bond acceptors (Lipinski definition) is 9. The highest BCUT2D eigenvalue weighted by Crippen LogP contribution is 2.50. The second-order valence-corrected chi connectivity index (χ2v) is 13.3. The predicted octanol–water partition coefficient (Wildman–Crippen LogP) is 3.26. The van der Waals surface area contributed by atoms with Crippen LogP contribution < -0.4 is 19.7 Å². The molecule has 0 unspecified atom stereocenters. The summed E-state index contributed by atoms with van der Waals surface area (Å²) in [4.78, 5) is 37.8. The number of likely N-dealkylation sites (N-methyl/N-ethyl adjacent to an activating group) is 1. The molecule has 12 nitrogen and oxygen atoms in total. The van der Waals surface area contributed by atoms with Crippen molar-refractivity contribution in [2.75, 3.05) is 49.2 Å². The molecule has 1 saturated heterocycles. The van der Waals surface area contributed by atoms with Gasteiger partial charge in [-0.25, -0.2) is 22.6 Å². The average Bonchev–Trinajstić information content (AvgIpc) is 3.11. The number of nitrogens with one attached hydrogen (secondary N) is 2. The summed E-state index contributed by atoms with van der Waals surface area (Å²) in [5.41, 5.74) is 1.02. The van der Waals surface area contributed by atoms with Crippen molar-refractivity contribution in [1.82, 2.24) is 20.2 Å². The molecule has 2 N–H and O–H groups in total. The highest BCUT2D eigenvalue weighted by Gasteiger charge is 2.60. The molecule has 230 valence electrons. The number of sulfonamides is 1. The van der Waals surface area contributed by atoms with E-state index in [0.717, 1.165) is 6.26 Å². The van der Waals surface area contributed by atoms with Crippen molar-refractivity contribution >= 4 is 44.3 Å². The Labute approximate surface area is 249 Å². The van der Waals surface area contributed by atoms with Crippen LogP contribution >= 0.6 is 0 Å². The molecule has 2 aromatic heterocycles. The van der Waals surface area contributed by atoms with Crippen LogP contribution in [0.15, 0.2) is 30.6 Å². The van der Waals surface area contributed by atoms with Crippen molar-refractivity contribution in [3.05, 3.63) is 42.0 Å². The van der Waals surface area contributed by atoms with E-state index in [9.17, 15) is 18.0 Å². The summed E-state index contributed by atoms with van der Waals surface area (Å²) < 4.78 is 53.3. The third kappa shape index (κ3) is 5.80. The van der Waals surface area contributed by atoms with E-state index in [1.54, 1.807) is 27.0 Å². The number of likely N-dealkylation sites (tertiary alicyclic amines) is 1. The number of hydrogen-bond donors (Lipinski definition) is 2. The number of aromatic nitrogens is 2. The molecule has 4 heterocycles. The Morgan fingerprint density at radius 2 is 1.86 bits per heavy atom. The minimum Gasteiger partial charge on any atom is -0.475 e. The van der Waals surface area contributed by atoms with E-state index in [0.29, 0.717) is 34.3 Å². The van der Waals surface area contributed by atoms with Crippen LogP contribution in [0.5, 0.6) is 5.88 Å². The summed E-state index contributed by atoms with van der Waals surface area (Å²) in [7, 11) is -2.07. The van der Waals surface area contributed by atoms with Gasteiger partial charge in [-0.15, -0.1) is 0 Å². The maximum absolute atomic E-state index is 15.6. The maximum atomic E-state index is 15.6. The van der Waals surface area contributed by atoms with Crippen molar-refractivity contribution < 1.29 is 31.9 Å². The predicted molar refractivity (Wildman–Crippen MR) is 160 cm³/mol. The van der Waals surface area contributed by atoms with Crippen LogP contribution in [0, 0.1) is 5.82 Å². The Hall–Kier alpha value is -4.04. The lowest BCUT2D eigenvalue weighted by atomic mass is 9.73. The van der Waals surface area contributed by atoms with E-state index in [-0.39, 0.29) is 54.9 Å². The third-order valence-electron chi connectivity index (χ3n) is 7.36. The van der Waals surface area contributed by atoms with Gasteiger partial charge in [-0.1, -0.05) is 13.8 Å². The van der Waals surface area contributed by atoms with Crippen molar-refractivity contribution in [3.63, 3.8) is 0 Å². The molecule has 1 spiro atoms. The first-order valence-electron chi connectivity index (χ1n) is 13.9. The number of amides is 2. The lowest BCUT2D eigenvalue weighted by Crippen LogP contribution is -2.65. The summed E-state index contributed by atoms with van der Waals surface area (Å²) in [6, 6.07) is 4.57. The van der Waals surface area contributed by atoms with Crippen LogP contribution in [0.25, 0.3) is 22.0 Å². The number of ether oxygens (including phenoxy) is 2. The lowest BCUT2D eigenvalue weighted by molar-refractivity contribution is -0.128. The topological polar surface area (TPSA) is 143 Å². The summed E-state index contributed by atoms with van der Waals surface area (Å²) >= 11 is 0. The molecule has 0 saturated carbocycles. The number of nitrogens with zero attached hydrogens (tertiary/aromatic N) is 4. The molecule has 5 rings (SSSR count). The highest BCUT2D eigenvalue weighted by molar-refractivity contribution is 7.92. The number of benzene rings is 1. The Balaban J connectivity index is 1.56. The molecule has 2 aliphatic heterocycles. The molecular formula is C29H35FN6O6S. The van der Waals surface area contributed by atoms with E-state index in [4.69, 9.17) is 9.47 Å². The zero-order valence-electron chi connectivity index (χ0n) is 24.9. The summed E-state index contributed by atoms with van der Waals surface area (Å²) in [5, 5.41) is 3.74. The van der Waals surface area contributed by atoms with Crippen LogP contribution in [0.1, 0.15) is 33.3 Å². The van der Waals surface area contributed by atoms with Gasteiger partial charge in [-0.2, -0.15) is 0 Å². The first-order chi connectivity index (χ1) is 20.2. The molecule has 1 fully saturated rings. The van der Waals surface area contributed by atoms with Gasteiger partial charge in [0.15, 0.2) is 0 Å². The van der Waals surface area contributed by atoms with Crippen LogP contribution in [0.3, 0.4) is 0 Å². The van der Waals surface area contributed by atoms with Crippen LogP contribution in [0.4, 0.5) is 20.6 Å². The van der Waals surface area contributed by atoms with E-state index < -0.39 is 27.3 Å². The largest absolute Gasteiger partial charge is 0.475 e. The monoisotopic (exact) mass is 614 g/mol. The molecule has 2 aliphatic rings. The fraction of sp³-hybridized carbons (Fsp3) is 0.448. The van der Waals surface area contributed by atoms with Gasteiger partial charge in [0.1, 0.15) is 23.5 Å². The molecule has 0 atom stereocenters. The Morgan fingerprint density at radius 1 is 1.14 bits per heavy atom. The SMILES string of the molecule is CC(C)NCCOc1ncc(-c2cc3c4c(cnc3cc2F)N(C)C(=O)C42CN(C(=O)OC(C)C)C2)cc1NS(C)(=O)=O. The molecule has 14 heteroatoms. The van der Waals surface area contributed by atoms with Gasteiger partial charge >= 0.3 is 6.09 Å². The molecule has 3 aromatic rings. The van der Waals surface area contributed by atoms with E-state index >= 15 is 4.39 Å². The van der Waals surface area contributed by atoms with E-state index in [2.05, 4.69) is 20.0 Å². The molecule has 0 bridgehead atoms. The van der Waals surface area contributed by atoms with Crippen LogP contribution in [0.2, 0.25) is 0 Å². The van der Waals surface area contributed by atoms with Gasteiger partial charge in [0.25, 0.3) is 0 Å². The summed E-state index contributed by atoms with van der Waals surface area (Å²) in [6.07, 6.45) is 3.13. The van der Waals surface area contributed by atoms with Crippen molar-refractivity contribution in [3.8, 4) is 17.0 Å². The smallest absolute Gasteiger partial charge is 0.410 e. The minimum atomic E-state index is -3.71. The second-order valence-electron chi connectivity index (χ2n) is 11.5. The zero-order chi connectivity index (χ0) is 31.3. The first-order valence-corrected chi connectivity index (χ1v) is 15.8. The van der Waals surface area contributed by atoms with Gasteiger partial charge in [-0.05, 0) is 26.0 Å². The quantitative estimate of drug-likeness (QED) is 0.347. The molecule has 2 amide bonds. The standard InChI is InChI=1S/C29H35FN6O6S/c1-16(2)31-7-8-41-26-23(34-43(6,39)40)9-18(12-33-26)19-10-20-22(11-21(19)30)32-13-24-25(20)29(27(37)35(24)5)14-36(15-29)28(38)42-17(3)4/h9-13,16-17,31,34H,7-8,14-15H2,1-6H3. The molecule has 1 aromatic carbocycles. The van der Waals surface area contributed by atoms with Gasteiger partial charge in [0.05, 0.1) is 29.8 Å². The maximum Gasteiger partial charge on any atom is 0.410 e. The average molecular weight is 615 g/mol. The van der Waals surface area contributed by atoms with E-state index in [1.165, 1.54) is 34.3 Å². The first kappa shape index (κ1) is 30.4. The van der Waals surface area contributed by atoms with Crippen molar-refractivity contribution in [2.24, 2.45) is 0 Å². The number of rotatable bonds is 9. The van der Waals surface area contributed by atoms with Crippen molar-refractivity contribution in [2.45, 2.75) is 45.3 Å². The fourth-order valence-electron chi connectivity index (χ4n) is 5.51. The zero-order valence-corrected chi connectivity index (χ0v) is 25.7. The summed E-state index contributed by atoms with van der Waals surface area (Å²) in [5.74, 6) is -0.743. The molecular weight excluding hydrogens is 579 g/mol. The molecule has 0 radical (unpaired) electrons. The normalized spacial score (nSPS) is 15.8. The number of carbonyl (C=O) groups is 2. The van der Waals surface area contributed by atoms with Gasteiger partial charge in [-0.3, -0.25) is 14.5 Å². The number of halogens is 1. The second kappa shape index (κ2) is 11.2. The third-order valence-corrected chi connectivity index (χ3v) is 7.95. The number of anilines is 2. The van der Waals surface area contributed by atoms with Gasteiger partial charge in [0.2, 0.25) is 21.8 Å². The van der Waals surface area contributed by atoms with E-state index in [1.807, 2.05) is 13.8 Å². The fourth-order valence-corrected chi connectivity index (χ4v) is 6.05. The number of fused-ring (bicyclic) bond motifs is 4. The van der Waals surface area contributed by atoms with Crippen LogP contribution in [-0.2, 0) is 25.0 Å². The van der Waals surface area contributed by atoms with Crippen LogP contribution in [-0.4, -0.2) is 87.0 Å².